The molecule has 1 N–H and O–H groups in total. The number of hydrogen-bond acceptors (Lipinski definition) is 5. The normalized spacial score (nSPS) is 10.3. The summed E-state index contributed by atoms with van der Waals surface area (Å²) < 4.78 is 5.10. The van der Waals surface area contributed by atoms with Crippen LogP contribution < -0.4 is 0 Å². The number of carbonyl (C=O) groups is 1. The van der Waals surface area contributed by atoms with E-state index in [0.29, 0.717) is 4.47 Å². The second-order valence-corrected chi connectivity index (χ2v) is 4.22. The Kier molecular flexibility index (Phi) is 3.11. The molecule has 0 saturated heterocycles. The Morgan fingerprint density at radius 3 is 2.72 bits per heavy atom. The van der Waals surface area contributed by atoms with Crippen molar-refractivity contribution in [2.75, 3.05) is 0 Å². The Hall–Kier alpha value is -2.22. The molecule has 0 aliphatic carbocycles. The van der Waals surface area contributed by atoms with Gasteiger partial charge >= 0.3 is 5.97 Å². The quantitative estimate of drug-likeness (QED) is 0.689. The number of carboxylic acid groups (broad SMARTS) is 1. The fourth-order valence-electron chi connectivity index (χ4n) is 1.38. The minimum atomic E-state index is -1.28. The molecule has 8 heteroatoms. The predicted octanol–water partition coefficient (Wildman–Crippen LogP) is 2.71. The average molecular weight is 313 g/mol. The number of halogens is 1. The van der Waals surface area contributed by atoms with Gasteiger partial charge in [-0.25, -0.2) is 4.79 Å². The monoisotopic (exact) mass is 312 g/mol. The van der Waals surface area contributed by atoms with Gasteiger partial charge < -0.3 is 9.63 Å². The summed E-state index contributed by atoms with van der Waals surface area (Å²) in [5.41, 5.74) is 0.112. The zero-order chi connectivity index (χ0) is 13.3. The molecule has 18 heavy (non-hydrogen) atoms. The first kappa shape index (κ1) is 12.2. The van der Waals surface area contributed by atoms with Gasteiger partial charge in [0.2, 0.25) is 5.76 Å². The zero-order valence-corrected chi connectivity index (χ0v) is 10.2. The van der Waals surface area contributed by atoms with Crippen LogP contribution in [0.4, 0.5) is 5.69 Å². The van der Waals surface area contributed by atoms with E-state index < -0.39 is 10.9 Å². The van der Waals surface area contributed by atoms with Crippen molar-refractivity contribution in [2.45, 2.75) is 0 Å². The van der Waals surface area contributed by atoms with Crippen LogP contribution in [0.2, 0.25) is 0 Å². The van der Waals surface area contributed by atoms with Gasteiger partial charge in [-0.05, 0) is 12.1 Å². The van der Waals surface area contributed by atoms with Crippen LogP contribution in [0.5, 0.6) is 0 Å². The fraction of sp³-hybridized carbons (Fsp3) is 0. The number of aromatic nitrogens is 1. The molecule has 1 aromatic heterocycles. The van der Waals surface area contributed by atoms with Gasteiger partial charge in [0, 0.05) is 16.6 Å². The summed E-state index contributed by atoms with van der Waals surface area (Å²) in [6.45, 7) is 0. The summed E-state index contributed by atoms with van der Waals surface area (Å²) >= 11 is 3.12. The molecule has 0 spiro atoms. The largest absolute Gasteiger partial charge is 0.475 e. The summed E-state index contributed by atoms with van der Waals surface area (Å²) in [5, 5.41) is 23.1. The van der Waals surface area contributed by atoms with Gasteiger partial charge in [-0.3, -0.25) is 10.1 Å². The first-order valence-electron chi connectivity index (χ1n) is 4.63. The molecule has 92 valence electrons. The number of benzene rings is 1. The van der Waals surface area contributed by atoms with Crippen LogP contribution in [0.25, 0.3) is 11.3 Å². The molecule has 0 aliphatic heterocycles. The zero-order valence-electron chi connectivity index (χ0n) is 8.66. The van der Waals surface area contributed by atoms with Crippen molar-refractivity contribution in [3.05, 3.63) is 44.6 Å². The molecule has 2 aromatic rings. The lowest BCUT2D eigenvalue weighted by Crippen LogP contribution is -1.93. The van der Waals surface area contributed by atoms with Gasteiger partial charge in [-0.2, -0.15) is 0 Å². The molecule has 0 unspecified atom stereocenters. The molecule has 0 atom stereocenters. The number of rotatable bonds is 3. The number of nitro groups is 1. The fourth-order valence-corrected chi connectivity index (χ4v) is 1.72. The van der Waals surface area contributed by atoms with Crippen LogP contribution in [0.15, 0.2) is 33.3 Å². The molecule has 1 aromatic carbocycles. The van der Waals surface area contributed by atoms with E-state index >= 15 is 0 Å². The highest BCUT2D eigenvalue weighted by Gasteiger charge is 2.20. The molecule has 7 nitrogen and oxygen atoms in total. The second kappa shape index (κ2) is 4.57. The highest BCUT2D eigenvalue weighted by Crippen LogP contribution is 2.31. The molecule has 0 fully saturated rings. The van der Waals surface area contributed by atoms with Crippen LogP contribution in [0.3, 0.4) is 0 Å². The molecule has 0 radical (unpaired) electrons. The van der Waals surface area contributed by atoms with Gasteiger partial charge in [0.15, 0.2) is 0 Å². The Balaban J connectivity index is 2.55. The highest BCUT2D eigenvalue weighted by atomic mass is 79.9. The summed E-state index contributed by atoms with van der Waals surface area (Å²) in [5.74, 6) is -1.66. The molecule has 0 bridgehead atoms. The molecule has 0 amide bonds. The van der Waals surface area contributed by atoms with Gasteiger partial charge in [0.05, 0.1) is 10.5 Å². The van der Waals surface area contributed by atoms with Crippen molar-refractivity contribution >= 4 is 27.6 Å². The number of nitro benzene ring substituents is 1. The van der Waals surface area contributed by atoms with Crippen molar-refractivity contribution in [1.82, 2.24) is 5.16 Å². The van der Waals surface area contributed by atoms with E-state index in [0.717, 1.165) is 6.07 Å². The smallest absolute Gasteiger partial charge is 0.374 e. The van der Waals surface area contributed by atoms with Gasteiger partial charge in [0.1, 0.15) is 5.69 Å². The van der Waals surface area contributed by atoms with Crippen molar-refractivity contribution in [3.8, 4) is 11.3 Å². The summed E-state index contributed by atoms with van der Waals surface area (Å²) in [7, 11) is 0. The minimum absolute atomic E-state index is 0.103. The van der Waals surface area contributed by atoms with E-state index in [1.807, 2.05) is 0 Å². The molecule has 1 heterocycles. The minimum Gasteiger partial charge on any atom is -0.475 e. The lowest BCUT2D eigenvalue weighted by atomic mass is 10.1. The van der Waals surface area contributed by atoms with Gasteiger partial charge in [-0.15, -0.1) is 0 Å². The van der Waals surface area contributed by atoms with E-state index in [1.54, 1.807) is 6.07 Å². The first-order valence-corrected chi connectivity index (χ1v) is 5.42. The maximum atomic E-state index is 10.9. The third-order valence-corrected chi connectivity index (χ3v) is 2.65. The van der Waals surface area contributed by atoms with Crippen LogP contribution in [0, 0.1) is 10.1 Å². The second-order valence-electron chi connectivity index (χ2n) is 3.30. The number of nitrogens with zero attached hydrogens (tertiary/aromatic N) is 2. The SMILES string of the molecule is O=C(O)c1cc(-c2ccc(Br)cc2[N+](=O)[O-])no1. The van der Waals surface area contributed by atoms with Gasteiger partial charge in [-0.1, -0.05) is 21.1 Å². The highest BCUT2D eigenvalue weighted by molar-refractivity contribution is 9.10. The topological polar surface area (TPSA) is 106 Å². The lowest BCUT2D eigenvalue weighted by Gasteiger charge is -1.99. The summed E-state index contributed by atoms with van der Waals surface area (Å²) in [4.78, 5) is 21.0. The Labute approximate surface area is 108 Å². The maximum absolute atomic E-state index is 10.9. The standard InChI is InChI=1S/C10H5BrN2O5/c11-5-1-2-6(8(3-5)13(16)17)7-4-9(10(14)15)18-12-7/h1-4H,(H,14,15). The van der Waals surface area contributed by atoms with E-state index in [1.165, 1.54) is 12.1 Å². The predicted molar refractivity (Wildman–Crippen MR) is 63.3 cm³/mol. The Morgan fingerprint density at radius 2 is 2.17 bits per heavy atom. The van der Waals surface area contributed by atoms with Crippen molar-refractivity contribution < 1.29 is 19.3 Å². The van der Waals surface area contributed by atoms with Crippen LogP contribution in [-0.4, -0.2) is 21.2 Å². The average Bonchev–Trinajstić information content (AvgIpc) is 2.78. The van der Waals surface area contributed by atoms with Gasteiger partial charge in [0.25, 0.3) is 5.69 Å². The maximum Gasteiger partial charge on any atom is 0.374 e. The number of aromatic carboxylic acids is 1. The third kappa shape index (κ3) is 2.23. The molecule has 0 saturated carbocycles. The van der Waals surface area contributed by atoms with Crippen molar-refractivity contribution in [2.24, 2.45) is 0 Å². The van der Waals surface area contributed by atoms with E-state index in [-0.39, 0.29) is 22.7 Å². The van der Waals surface area contributed by atoms with Crippen molar-refractivity contribution in [3.63, 3.8) is 0 Å². The molecular weight excluding hydrogens is 308 g/mol. The molecule has 0 aliphatic rings. The number of hydrogen-bond donors (Lipinski definition) is 1. The van der Waals surface area contributed by atoms with E-state index in [2.05, 4.69) is 25.6 Å². The Bertz CT molecular complexity index is 637. The molecular formula is C10H5BrN2O5. The van der Waals surface area contributed by atoms with E-state index in [4.69, 9.17) is 5.11 Å². The summed E-state index contributed by atoms with van der Waals surface area (Å²) in [6, 6.07) is 5.51. The Morgan fingerprint density at radius 1 is 1.44 bits per heavy atom. The van der Waals surface area contributed by atoms with Crippen LogP contribution in [0.1, 0.15) is 10.6 Å². The summed E-state index contributed by atoms with van der Waals surface area (Å²) in [6.07, 6.45) is 0. The first-order chi connectivity index (χ1) is 8.49. The van der Waals surface area contributed by atoms with E-state index in [9.17, 15) is 14.9 Å². The lowest BCUT2D eigenvalue weighted by molar-refractivity contribution is -0.384. The third-order valence-electron chi connectivity index (χ3n) is 2.15. The number of carboxylic acids is 1. The van der Waals surface area contributed by atoms with Crippen molar-refractivity contribution in [1.29, 1.82) is 0 Å². The van der Waals surface area contributed by atoms with Crippen LogP contribution in [-0.2, 0) is 0 Å². The van der Waals surface area contributed by atoms with Crippen LogP contribution >= 0.6 is 15.9 Å². The molecule has 2 rings (SSSR count).